The van der Waals surface area contributed by atoms with Gasteiger partial charge in [0.25, 0.3) is 0 Å². The highest BCUT2D eigenvalue weighted by Gasteiger charge is 2.60. The molecule has 4 aliphatic carbocycles. The first kappa shape index (κ1) is 16.5. The second-order valence-corrected chi connectivity index (χ2v) is 9.78. The van der Waals surface area contributed by atoms with Crippen LogP contribution in [0.5, 0.6) is 0 Å². The van der Waals surface area contributed by atoms with Crippen molar-refractivity contribution in [2.24, 2.45) is 40.4 Å². The molecule has 24 heavy (non-hydrogen) atoms. The van der Waals surface area contributed by atoms with Crippen molar-refractivity contribution in [3.05, 3.63) is 11.6 Å². The van der Waals surface area contributed by atoms with Crippen molar-refractivity contribution in [2.75, 3.05) is 0 Å². The molecular formula is C22H32O2. The van der Waals surface area contributed by atoms with Crippen molar-refractivity contribution in [1.29, 1.82) is 0 Å². The Morgan fingerprint density at radius 2 is 1.88 bits per heavy atom. The fourth-order valence-corrected chi connectivity index (χ4v) is 7.65. The smallest absolute Gasteiger partial charge is 0.155 e. The number of allylic oxidation sites excluding steroid dienone is 1. The molecule has 4 rings (SSSR count). The van der Waals surface area contributed by atoms with Crippen LogP contribution in [0.3, 0.4) is 0 Å². The van der Waals surface area contributed by atoms with Crippen LogP contribution < -0.4 is 0 Å². The van der Waals surface area contributed by atoms with E-state index in [-0.39, 0.29) is 16.7 Å². The molecule has 3 fully saturated rings. The van der Waals surface area contributed by atoms with E-state index in [1.807, 2.05) is 13.0 Å². The molecule has 0 heterocycles. The van der Waals surface area contributed by atoms with Gasteiger partial charge in [-0.25, -0.2) is 0 Å². The van der Waals surface area contributed by atoms with E-state index in [1.54, 1.807) is 0 Å². The van der Waals surface area contributed by atoms with Gasteiger partial charge >= 0.3 is 0 Å². The maximum Gasteiger partial charge on any atom is 0.155 e. The Balaban J connectivity index is 1.71. The van der Waals surface area contributed by atoms with E-state index in [2.05, 4.69) is 20.8 Å². The van der Waals surface area contributed by atoms with Gasteiger partial charge in [0.05, 0.1) is 0 Å². The van der Waals surface area contributed by atoms with Crippen molar-refractivity contribution in [2.45, 2.75) is 72.6 Å². The topological polar surface area (TPSA) is 34.1 Å². The van der Waals surface area contributed by atoms with Crippen LogP contribution in [0.15, 0.2) is 11.6 Å². The minimum atomic E-state index is 0.228. The average molecular weight is 328 g/mol. The van der Waals surface area contributed by atoms with E-state index in [0.717, 1.165) is 31.1 Å². The van der Waals surface area contributed by atoms with Crippen LogP contribution in [0, 0.1) is 40.4 Å². The van der Waals surface area contributed by atoms with Gasteiger partial charge in [0.2, 0.25) is 0 Å². The van der Waals surface area contributed by atoms with Crippen LogP contribution >= 0.6 is 0 Å². The quantitative estimate of drug-likeness (QED) is 0.681. The summed E-state index contributed by atoms with van der Waals surface area (Å²) in [5.41, 5.74) is 1.91. The predicted molar refractivity (Wildman–Crippen MR) is 95.4 cm³/mol. The second-order valence-electron chi connectivity index (χ2n) is 9.78. The highest BCUT2D eigenvalue weighted by atomic mass is 16.1. The first-order valence-corrected chi connectivity index (χ1v) is 10.0. The van der Waals surface area contributed by atoms with Crippen LogP contribution in [0.1, 0.15) is 72.6 Å². The summed E-state index contributed by atoms with van der Waals surface area (Å²) >= 11 is 0. The molecule has 2 heteroatoms. The Hall–Kier alpha value is -0.920. The van der Waals surface area contributed by atoms with E-state index in [1.165, 1.54) is 31.3 Å². The summed E-state index contributed by atoms with van der Waals surface area (Å²) in [6.45, 7) is 9.00. The molecule has 7 atom stereocenters. The van der Waals surface area contributed by atoms with Gasteiger partial charge in [0.1, 0.15) is 5.78 Å². The van der Waals surface area contributed by atoms with E-state index in [0.29, 0.717) is 23.4 Å². The minimum absolute atomic E-state index is 0.228. The molecule has 4 aliphatic rings. The van der Waals surface area contributed by atoms with Gasteiger partial charge < -0.3 is 0 Å². The third-order valence-corrected chi connectivity index (χ3v) is 8.77. The monoisotopic (exact) mass is 328 g/mol. The van der Waals surface area contributed by atoms with E-state index >= 15 is 0 Å². The van der Waals surface area contributed by atoms with Gasteiger partial charge in [0, 0.05) is 12.3 Å². The summed E-state index contributed by atoms with van der Waals surface area (Å²) in [4.78, 5) is 24.2. The first-order valence-electron chi connectivity index (χ1n) is 10.0. The lowest BCUT2D eigenvalue weighted by Crippen LogP contribution is -2.52. The van der Waals surface area contributed by atoms with Crippen molar-refractivity contribution in [3.8, 4) is 0 Å². The summed E-state index contributed by atoms with van der Waals surface area (Å²) in [7, 11) is 0. The highest BCUT2D eigenvalue weighted by Crippen LogP contribution is 2.67. The van der Waals surface area contributed by atoms with Crippen LogP contribution in [0.25, 0.3) is 0 Å². The number of hydrogen-bond acceptors (Lipinski definition) is 2. The van der Waals surface area contributed by atoms with Crippen molar-refractivity contribution < 1.29 is 9.59 Å². The third kappa shape index (κ3) is 2.07. The average Bonchev–Trinajstić information content (AvgIpc) is 2.87. The van der Waals surface area contributed by atoms with Crippen LogP contribution in [-0.2, 0) is 9.59 Å². The minimum Gasteiger partial charge on any atom is -0.300 e. The van der Waals surface area contributed by atoms with Crippen LogP contribution in [0.2, 0.25) is 0 Å². The lowest BCUT2D eigenvalue weighted by molar-refractivity contribution is -0.129. The fraction of sp³-hybridized carbons (Fsp3) is 0.818. The maximum absolute atomic E-state index is 12.2. The second kappa shape index (κ2) is 5.29. The lowest BCUT2D eigenvalue weighted by Gasteiger charge is -2.59. The Labute approximate surface area is 146 Å². The highest BCUT2D eigenvalue weighted by molar-refractivity contribution is 5.91. The van der Waals surface area contributed by atoms with Crippen molar-refractivity contribution >= 4 is 11.6 Å². The van der Waals surface area contributed by atoms with Crippen LogP contribution in [0.4, 0.5) is 0 Å². The largest absolute Gasteiger partial charge is 0.300 e. The summed E-state index contributed by atoms with van der Waals surface area (Å²) in [5.74, 6) is 3.75. The zero-order valence-electron chi connectivity index (χ0n) is 15.7. The predicted octanol–water partition coefficient (Wildman–Crippen LogP) is 4.97. The molecule has 132 valence electrons. The number of carbonyl (C=O) groups is 2. The van der Waals surface area contributed by atoms with Crippen molar-refractivity contribution in [1.82, 2.24) is 0 Å². The third-order valence-electron chi connectivity index (χ3n) is 8.77. The normalized spacial score (nSPS) is 50.6. The van der Waals surface area contributed by atoms with Crippen molar-refractivity contribution in [3.63, 3.8) is 0 Å². The SMILES string of the molecule is CC(=O)C1CC[C@H]2[C@@H]3C[C@H](C)C4=CC(=O)CC[C@]4(C)[C@H]3CC[C@]12C. The molecule has 0 saturated heterocycles. The van der Waals surface area contributed by atoms with Gasteiger partial charge in [-0.1, -0.05) is 26.3 Å². The zero-order chi connectivity index (χ0) is 17.3. The zero-order valence-corrected chi connectivity index (χ0v) is 15.7. The summed E-state index contributed by atoms with van der Waals surface area (Å²) in [6, 6.07) is 0. The van der Waals surface area contributed by atoms with E-state index in [9.17, 15) is 9.59 Å². The fourth-order valence-electron chi connectivity index (χ4n) is 7.65. The molecular weight excluding hydrogens is 296 g/mol. The number of carbonyl (C=O) groups excluding carboxylic acids is 2. The Bertz CT molecular complexity index is 617. The summed E-state index contributed by atoms with van der Waals surface area (Å²) in [5, 5.41) is 0. The molecule has 0 amide bonds. The summed E-state index contributed by atoms with van der Waals surface area (Å²) in [6.07, 6.45) is 9.80. The van der Waals surface area contributed by atoms with Gasteiger partial charge in [-0.2, -0.15) is 0 Å². The molecule has 0 bridgehead atoms. The molecule has 0 N–H and O–H groups in total. The number of ketones is 2. The number of Topliss-reactive ketones (excluding diaryl/α,β-unsaturated/α-hetero) is 1. The van der Waals surface area contributed by atoms with Gasteiger partial charge in [0.15, 0.2) is 5.78 Å². The van der Waals surface area contributed by atoms with Crippen LogP contribution in [-0.4, -0.2) is 11.6 Å². The Kier molecular flexibility index (Phi) is 3.64. The standard InChI is InChI=1S/C22H32O2/c1-13-11-16-18-6-5-17(14(2)23)21(18,3)10-8-19(16)22(4)9-7-15(24)12-20(13)22/h12-13,16-19H,5-11H2,1-4H3/t13-,16-,17?,18-,19-,21+,22+/m0/s1. The van der Waals surface area contributed by atoms with E-state index in [4.69, 9.17) is 0 Å². The first-order chi connectivity index (χ1) is 11.3. The maximum atomic E-state index is 12.2. The molecule has 0 aromatic heterocycles. The number of hydrogen-bond donors (Lipinski definition) is 0. The van der Waals surface area contributed by atoms with Gasteiger partial charge in [-0.3, -0.25) is 9.59 Å². The van der Waals surface area contributed by atoms with E-state index < -0.39 is 0 Å². The Morgan fingerprint density at radius 3 is 2.58 bits per heavy atom. The summed E-state index contributed by atoms with van der Waals surface area (Å²) < 4.78 is 0. The Morgan fingerprint density at radius 1 is 1.12 bits per heavy atom. The molecule has 0 aromatic carbocycles. The molecule has 0 radical (unpaired) electrons. The number of fused-ring (bicyclic) bond motifs is 5. The molecule has 2 nitrogen and oxygen atoms in total. The molecule has 3 saturated carbocycles. The molecule has 0 spiro atoms. The van der Waals surface area contributed by atoms with Gasteiger partial charge in [-0.15, -0.1) is 0 Å². The molecule has 1 unspecified atom stereocenters. The molecule has 0 aromatic rings. The lowest BCUT2D eigenvalue weighted by atomic mass is 9.45. The molecule has 0 aliphatic heterocycles. The number of rotatable bonds is 1. The van der Waals surface area contributed by atoms with Gasteiger partial charge in [-0.05, 0) is 86.0 Å².